The molecule has 0 aliphatic rings. The van der Waals surface area contributed by atoms with Crippen LogP contribution in [0.15, 0.2) is 60.7 Å². The summed E-state index contributed by atoms with van der Waals surface area (Å²) in [6, 6.07) is 18.3. The maximum atomic E-state index is 12.4. The average Bonchev–Trinajstić information content (AvgIpc) is 3.05. The zero-order valence-corrected chi connectivity index (χ0v) is 15.9. The predicted octanol–water partition coefficient (Wildman–Crippen LogP) is 6.10. The van der Waals surface area contributed by atoms with Gasteiger partial charge in [0.05, 0.1) is 21.6 Å². The van der Waals surface area contributed by atoms with Gasteiger partial charge in [0.2, 0.25) is 0 Å². The summed E-state index contributed by atoms with van der Waals surface area (Å²) in [7, 11) is 0. The van der Waals surface area contributed by atoms with Crippen LogP contribution in [-0.2, 0) is 0 Å². The van der Waals surface area contributed by atoms with Gasteiger partial charge in [-0.25, -0.2) is 4.98 Å². The lowest BCUT2D eigenvalue weighted by molar-refractivity contribution is 0.102. The van der Waals surface area contributed by atoms with Gasteiger partial charge in [0, 0.05) is 16.3 Å². The lowest BCUT2D eigenvalue weighted by Crippen LogP contribution is -2.12. The first-order valence-corrected chi connectivity index (χ1v) is 9.08. The number of hydrogen-bond acceptors (Lipinski definition) is 2. The lowest BCUT2D eigenvalue weighted by Gasteiger charge is -2.07. The number of aromatic nitrogens is 2. The van der Waals surface area contributed by atoms with Gasteiger partial charge < -0.3 is 10.3 Å². The predicted molar refractivity (Wildman–Crippen MR) is 111 cm³/mol. The Balaban J connectivity index is 1.55. The van der Waals surface area contributed by atoms with E-state index in [0.29, 0.717) is 21.3 Å². The Bertz CT molecular complexity index is 1150. The van der Waals surface area contributed by atoms with Crippen LogP contribution in [-0.4, -0.2) is 15.9 Å². The van der Waals surface area contributed by atoms with Crippen molar-refractivity contribution in [2.75, 3.05) is 5.32 Å². The number of aromatic amines is 1. The molecule has 0 atom stereocenters. The van der Waals surface area contributed by atoms with Gasteiger partial charge in [-0.3, -0.25) is 4.79 Å². The van der Waals surface area contributed by atoms with Gasteiger partial charge in [-0.1, -0.05) is 29.3 Å². The second kappa shape index (κ2) is 7.06. The number of anilines is 1. The highest BCUT2D eigenvalue weighted by atomic mass is 35.5. The molecular weight excluding hydrogens is 381 g/mol. The average molecular weight is 396 g/mol. The number of carbonyl (C=O) groups excluding carboxylic acids is 1. The summed E-state index contributed by atoms with van der Waals surface area (Å²) in [6.45, 7) is 2.05. The Hall–Kier alpha value is -2.82. The zero-order chi connectivity index (χ0) is 19.0. The van der Waals surface area contributed by atoms with Gasteiger partial charge in [0.25, 0.3) is 5.91 Å². The first-order chi connectivity index (χ1) is 13.0. The summed E-state index contributed by atoms with van der Waals surface area (Å²) < 4.78 is 0. The number of halogens is 2. The molecule has 27 heavy (non-hydrogen) atoms. The van der Waals surface area contributed by atoms with E-state index in [0.717, 1.165) is 22.4 Å². The monoisotopic (exact) mass is 395 g/mol. The molecule has 0 aliphatic carbocycles. The topological polar surface area (TPSA) is 57.8 Å². The molecule has 1 amide bonds. The van der Waals surface area contributed by atoms with Crippen LogP contribution in [0.25, 0.3) is 22.4 Å². The molecule has 3 aromatic carbocycles. The van der Waals surface area contributed by atoms with E-state index in [1.54, 1.807) is 18.2 Å². The third-order valence-corrected chi connectivity index (χ3v) is 4.78. The highest BCUT2D eigenvalue weighted by Crippen LogP contribution is 2.24. The number of amides is 1. The van der Waals surface area contributed by atoms with E-state index in [4.69, 9.17) is 23.2 Å². The molecule has 0 unspecified atom stereocenters. The van der Waals surface area contributed by atoms with Crippen molar-refractivity contribution in [2.24, 2.45) is 0 Å². The maximum absolute atomic E-state index is 12.4. The number of aryl methyl sites for hydroxylation is 1. The van der Waals surface area contributed by atoms with Crippen LogP contribution in [0, 0.1) is 6.92 Å². The quantitative estimate of drug-likeness (QED) is 0.440. The van der Waals surface area contributed by atoms with Crippen molar-refractivity contribution >= 4 is 45.8 Å². The third-order valence-electron chi connectivity index (χ3n) is 4.23. The molecule has 134 valence electrons. The molecule has 0 spiro atoms. The molecule has 4 nitrogen and oxygen atoms in total. The fraction of sp³-hybridized carbons (Fsp3) is 0.0476. The first-order valence-electron chi connectivity index (χ1n) is 8.33. The Morgan fingerprint density at radius 1 is 1.00 bits per heavy atom. The van der Waals surface area contributed by atoms with Crippen LogP contribution >= 0.6 is 23.2 Å². The molecule has 6 heteroatoms. The van der Waals surface area contributed by atoms with E-state index in [1.807, 2.05) is 43.3 Å². The summed E-state index contributed by atoms with van der Waals surface area (Å²) in [5.41, 5.74) is 5.08. The summed E-state index contributed by atoms with van der Waals surface area (Å²) >= 11 is 12.0. The van der Waals surface area contributed by atoms with Crippen molar-refractivity contribution < 1.29 is 4.79 Å². The molecule has 0 bridgehead atoms. The number of H-pyrrole nitrogens is 1. The highest BCUT2D eigenvalue weighted by molar-refractivity contribution is 6.37. The normalized spacial score (nSPS) is 10.9. The van der Waals surface area contributed by atoms with Crippen LogP contribution in [0.5, 0.6) is 0 Å². The van der Waals surface area contributed by atoms with Crippen LogP contribution in [0.4, 0.5) is 5.69 Å². The molecule has 0 fully saturated rings. The smallest absolute Gasteiger partial charge is 0.257 e. The van der Waals surface area contributed by atoms with Gasteiger partial charge in [-0.15, -0.1) is 0 Å². The minimum atomic E-state index is -0.288. The van der Waals surface area contributed by atoms with Crippen molar-refractivity contribution in [2.45, 2.75) is 6.92 Å². The molecule has 0 saturated heterocycles. The van der Waals surface area contributed by atoms with Crippen molar-refractivity contribution in [3.63, 3.8) is 0 Å². The van der Waals surface area contributed by atoms with Gasteiger partial charge in [-0.05, 0) is 67.1 Å². The summed E-state index contributed by atoms with van der Waals surface area (Å²) in [6.07, 6.45) is 0. The number of carbonyl (C=O) groups is 1. The van der Waals surface area contributed by atoms with Gasteiger partial charge >= 0.3 is 0 Å². The van der Waals surface area contributed by atoms with E-state index >= 15 is 0 Å². The lowest BCUT2D eigenvalue weighted by atomic mass is 10.1. The van der Waals surface area contributed by atoms with E-state index in [2.05, 4.69) is 21.4 Å². The Morgan fingerprint density at radius 3 is 2.52 bits per heavy atom. The highest BCUT2D eigenvalue weighted by Gasteiger charge is 2.11. The number of fused-ring (bicyclic) bond motifs is 1. The first kappa shape index (κ1) is 17.6. The van der Waals surface area contributed by atoms with Crippen molar-refractivity contribution in [1.82, 2.24) is 9.97 Å². The number of imidazole rings is 1. The number of nitrogens with one attached hydrogen (secondary N) is 2. The minimum Gasteiger partial charge on any atom is -0.338 e. The maximum Gasteiger partial charge on any atom is 0.257 e. The fourth-order valence-electron chi connectivity index (χ4n) is 2.84. The molecule has 0 aliphatic heterocycles. The number of nitrogens with zero attached hydrogens (tertiary/aromatic N) is 1. The van der Waals surface area contributed by atoms with Crippen LogP contribution in [0.3, 0.4) is 0 Å². The second-order valence-electron chi connectivity index (χ2n) is 6.26. The largest absolute Gasteiger partial charge is 0.338 e. The summed E-state index contributed by atoms with van der Waals surface area (Å²) in [5, 5.41) is 3.64. The van der Waals surface area contributed by atoms with Gasteiger partial charge in [-0.2, -0.15) is 0 Å². The minimum absolute atomic E-state index is 0.288. The molecule has 4 rings (SSSR count). The molecule has 0 radical (unpaired) electrons. The fourth-order valence-corrected chi connectivity index (χ4v) is 3.34. The van der Waals surface area contributed by atoms with Crippen LogP contribution in [0.1, 0.15) is 15.9 Å². The van der Waals surface area contributed by atoms with E-state index < -0.39 is 0 Å². The van der Waals surface area contributed by atoms with E-state index in [9.17, 15) is 4.79 Å². The van der Waals surface area contributed by atoms with Crippen LogP contribution in [0.2, 0.25) is 10.0 Å². The van der Waals surface area contributed by atoms with Gasteiger partial charge in [0.1, 0.15) is 5.82 Å². The molecular formula is C21H15Cl2N3O. The number of benzene rings is 3. The van der Waals surface area contributed by atoms with Crippen LogP contribution < -0.4 is 5.32 Å². The molecule has 1 aromatic heterocycles. The Morgan fingerprint density at radius 2 is 1.78 bits per heavy atom. The molecule has 4 aromatic rings. The summed E-state index contributed by atoms with van der Waals surface area (Å²) in [5.74, 6) is 0.498. The van der Waals surface area contributed by atoms with E-state index in [-0.39, 0.29) is 5.91 Å². The van der Waals surface area contributed by atoms with Gasteiger partial charge in [0.15, 0.2) is 0 Å². The zero-order valence-electron chi connectivity index (χ0n) is 14.4. The number of hydrogen-bond donors (Lipinski definition) is 2. The SMILES string of the molecule is Cc1ccc2nc(-c3ccc(NC(=O)c4ccc(Cl)cc4Cl)cc3)[nH]c2c1. The summed E-state index contributed by atoms with van der Waals surface area (Å²) in [4.78, 5) is 20.3. The molecule has 1 heterocycles. The Kier molecular flexibility index (Phi) is 4.60. The third kappa shape index (κ3) is 3.68. The van der Waals surface area contributed by atoms with Crippen molar-refractivity contribution in [1.29, 1.82) is 0 Å². The molecule has 0 saturated carbocycles. The molecule has 2 N–H and O–H groups in total. The number of rotatable bonds is 3. The van der Waals surface area contributed by atoms with Crippen molar-refractivity contribution in [3.8, 4) is 11.4 Å². The second-order valence-corrected chi connectivity index (χ2v) is 7.11. The van der Waals surface area contributed by atoms with Crippen molar-refractivity contribution in [3.05, 3.63) is 81.8 Å². The van der Waals surface area contributed by atoms with E-state index in [1.165, 1.54) is 5.56 Å². The standard InChI is InChI=1S/C21H15Cl2N3O/c1-12-2-9-18-19(10-12)26-20(25-18)13-3-6-15(7-4-13)24-21(27)16-8-5-14(22)11-17(16)23/h2-11H,1H3,(H,24,27)(H,25,26). The Labute approximate surface area is 166 Å².